The molecule has 2 aromatic carbocycles. The van der Waals surface area contributed by atoms with E-state index in [1.165, 1.54) is 20.1 Å². The van der Waals surface area contributed by atoms with Gasteiger partial charge in [-0.15, -0.1) is 0 Å². The summed E-state index contributed by atoms with van der Waals surface area (Å²) in [5, 5.41) is 2.74. The van der Waals surface area contributed by atoms with Gasteiger partial charge in [0, 0.05) is 14.1 Å². The lowest BCUT2D eigenvalue weighted by molar-refractivity contribution is -0.119. The molecule has 29 heavy (non-hydrogen) atoms. The highest BCUT2D eigenvalue weighted by Crippen LogP contribution is 2.28. The zero-order valence-electron chi connectivity index (χ0n) is 16.6. The summed E-state index contributed by atoms with van der Waals surface area (Å²) >= 11 is 0. The minimum atomic E-state index is -1.02. The van der Waals surface area contributed by atoms with Gasteiger partial charge in [-0.25, -0.2) is 4.79 Å². The van der Waals surface area contributed by atoms with E-state index in [-0.39, 0.29) is 11.1 Å². The van der Waals surface area contributed by atoms with Crippen molar-refractivity contribution in [1.82, 2.24) is 4.90 Å². The number of rotatable bonds is 5. The van der Waals surface area contributed by atoms with Crippen LogP contribution in [0, 0.1) is 0 Å². The van der Waals surface area contributed by atoms with Gasteiger partial charge in [0.1, 0.15) is 6.04 Å². The van der Waals surface area contributed by atoms with Crippen LogP contribution >= 0.6 is 0 Å². The number of nitrogens with zero attached hydrogens (tertiary/aromatic N) is 2. The molecule has 0 radical (unpaired) electrons. The van der Waals surface area contributed by atoms with Gasteiger partial charge in [0.2, 0.25) is 5.91 Å². The van der Waals surface area contributed by atoms with E-state index in [1.54, 1.807) is 55.4 Å². The molecule has 0 aliphatic carbocycles. The number of carbonyl (C=O) groups excluding carboxylic acids is 4. The average Bonchev–Trinajstić information content (AvgIpc) is 2.97. The second-order valence-corrected chi connectivity index (χ2v) is 6.81. The quantitative estimate of drug-likeness (QED) is 0.616. The summed E-state index contributed by atoms with van der Waals surface area (Å²) < 4.78 is 4.73. The van der Waals surface area contributed by atoms with Gasteiger partial charge in [0.15, 0.2) is 0 Å². The molecule has 0 unspecified atom stereocenters. The average molecular weight is 395 g/mol. The Hall–Kier alpha value is -3.68. The van der Waals surface area contributed by atoms with E-state index in [0.717, 1.165) is 4.90 Å². The molecule has 0 bridgehead atoms. The minimum Gasteiger partial charge on any atom is -0.465 e. The smallest absolute Gasteiger partial charge is 0.337 e. The number of hydrogen-bond donors (Lipinski definition) is 1. The molecule has 0 saturated heterocycles. The molecule has 1 N–H and O–H groups in total. The highest BCUT2D eigenvalue weighted by molar-refractivity contribution is 6.23. The molecule has 0 aromatic heterocycles. The largest absolute Gasteiger partial charge is 0.465 e. The van der Waals surface area contributed by atoms with E-state index < -0.39 is 29.7 Å². The zero-order chi connectivity index (χ0) is 21.3. The van der Waals surface area contributed by atoms with E-state index in [0.29, 0.717) is 16.9 Å². The molecule has 1 heterocycles. The van der Waals surface area contributed by atoms with Crippen LogP contribution in [0.2, 0.25) is 0 Å². The molecule has 1 atom stereocenters. The summed E-state index contributed by atoms with van der Waals surface area (Å²) in [6.45, 7) is 1.50. The molecule has 8 heteroatoms. The number of methoxy groups -OCH3 is 1. The highest BCUT2D eigenvalue weighted by atomic mass is 16.5. The Labute approximate surface area is 168 Å². The summed E-state index contributed by atoms with van der Waals surface area (Å²) in [5.74, 6) is -2.01. The molecule has 150 valence electrons. The Morgan fingerprint density at radius 1 is 1.03 bits per heavy atom. The monoisotopic (exact) mass is 395 g/mol. The molecular weight excluding hydrogens is 374 g/mol. The van der Waals surface area contributed by atoms with Crippen LogP contribution in [0.15, 0.2) is 42.5 Å². The third-order valence-corrected chi connectivity index (χ3v) is 4.75. The van der Waals surface area contributed by atoms with E-state index in [4.69, 9.17) is 4.74 Å². The fourth-order valence-corrected chi connectivity index (χ4v) is 3.17. The second kappa shape index (κ2) is 7.75. The molecule has 3 rings (SSSR count). The Kier molecular flexibility index (Phi) is 5.36. The van der Waals surface area contributed by atoms with Crippen molar-refractivity contribution in [2.75, 3.05) is 31.4 Å². The molecular formula is C21H21N3O5. The lowest BCUT2D eigenvalue weighted by atomic mass is 10.1. The zero-order valence-corrected chi connectivity index (χ0v) is 16.6. The SMILES string of the molecule is COC(=O)c1ccc(NC(=O)[C@@H](C)N2C(=O)c3ccccc3C2=O)c(N(C)C)c1. The normalized spacial score (nSPS) is 13.7. The van der Waals surface area contributed by atoms with Gasteiger partial charge in [-0.05, 0) is 37.3 Å². The topological polar surface area (TPSA) is 96.0 Å². The first-order valence-corrected chi connectivity index (χ1v) is 8.93. The number of hydrogen-bond acceptors (Lipinski definition) is 6. The van der Waals surface area contributed by atoms with Crippen LogP contribution in [0.5, 0.6) is 0 Å². The maximum Gasteiger partial charge on any atom is 0.337 e. The van der Waals surface area contributed by atoms with Gasteiger partial charge < -0.3 is 15.0 Å². The number of carbonyl (C=O) groups is 4. The highest BCUT2D eigenvalue weighted by Gasteiger charge is 2.40. The molecule has 2 aromatic rings. The first-order chi connectivity index (χ1) is 13.8. The van der Waals surface area contributed by atoms with Crippen molar-refractivity contribution in [3.05, 3.63) is 59.2 Å². The predicted molar refractivity (Wildman–Crippen MR) is 107 cm³/mol. The Morgan fingerprint density at radius 2 is 1.62 bits per heavy atom. The number of imide groups is 1. The number of ether oxygens (including phenoxy) is 1. The fourth-order valence-electron chi connectivity index (χ4n) is 3.17. The van der Waals surface area contributed by atoms with Crippen LogP contribution in [0.4, 0.5) is 11.4 Å². The number of benzene rings is 2. The Morgan fingerprint density at radius 3 is 2.14 bits per heavy atom. The molecule has 0 fully saturated rings. The molecule has 8 nitrogen and oxygen atoms in total. The molecule has 0 saturated carbocycles. The van der Waals surface area contributed by atoms with E-state index in [1.807, 2.05) is 0 Å². The van der Waals surface area contributed by atoms with Crippen molar-refractivity contribution in [2.45, 2.75) is 13.0 Å². The lowest BCUT2D eigenvalue weighted by Crippen LogP contribution is -2.45. The maximum absolute atomic E-state index is 12.8. The number of anilines is 2. The van der Waals surface area contributed by atoms with Gasteiger partial charge in [-0.1, -0.05) is 12.1 Å². The third kappa shape index (κ3) is 3.56. The maximum atomic E-state index is 12.8. The first-order valence-electron chi connectivity index (χ1n) is 8.93. The summed E-state index contributed by atoms with van der Waals surface area (Å²) in [5.41, 5.74) is 1.93. The second-order valence-electron chi connectivity index (χ2n) is 6.81. The van der Waals surface area contributed by atoms with E-state index in [9.17, 15) is 19.2 Å². The number of amides is 3. The lowest BCUT2D eigenvalue weighted by Gasteiger charge is -2.24. The van der Waals surface area contributed by atoms with E-state index >= 15 is 0 Å². The summed E-state index contributed by atoms with van der Waals surface area (Å²) in [6.07, 6.45) is 0. The van der Waals surface area contributed by atoms with Crippen molar-refractivity contribution >= 4 is 35.1 Å². The van der Waals surface area contributed by atoms with E-state index in [2.05, 4.69) is 5.32 Å². The molecule has 1 aliphatic heterocycles. The van der Waals surface area contributed by atoms with Crippen molar-refractivity contribution in [3.8, 4) is 0 Å². The Balaban J connectivity index is 1.84. The van der Waals surface area contributed by atoms with Gasteiger partial charge in [-0.2, -0.15) is 0 Å². The van der Waals surface area contributed by atoms with Crippen molar-refractivity contribution in [2.24, 2.45) is 0 Å². The van der Waals surface area contributed by atoms with Crippen LogP contribution in [0.25, 0.3) is 0 Å². The summed E-state index contributed by atoms with van der Waals surface area (Å²) in [7, 11) is 4.82. The summed E-state index contributed by atoms with van der Waals surface area (Å²) in [4.78, 5) is 52.5. The predicted octanol–water partition coefficient (Wildman–Crippen LogP) is 2.16. The molecule has 3 amide bonds. The third-order valence-electron chi connectivity index (χ3n) is 4.75. The van der Waals surface area contributed by atoms with Gasteiger partial charge in [0.05, 0.1) is 35.2 Å². The Bertz CT molecular complexity index is 980. The first kappa shape index (κ1) is 20.1. The van der Waals surface area contributed by atoms with Crippen LogP contribution in [-0.2, 0) is 9.53 Å². The van der Waals surface area contributed by atoms with Crippen LogP contribution in [-0.4, -0.2) is 55.8 Å². The fraction of sp³-hybridized carbons (Fsp3) is 0.238. The van der Waals surface area contributed by atoms with Gasteiger partial charge in [-0.3, -0.25) is 19.3 Å². The van der Waals surface area contributed by atoms with Crippen molar-refractivity contribution in [3.63, 3.8) is 0 Å². The van der Waals surface area contributed by atoms with Gasteiger partial charge >= 0.3 is 5.97 Å². The van der Waals surface area contributed by atoms with Crippen LogP contribution < -0.4 is 10.2 Å². The van der Waals surface area contributed by atoms with Crippen molar-refractivity contribution in [1.29, 1.82) is 0 Å². The van der Waals surface area contributed by atoms with Gasteiger partial charge in [0.25, 0.3) is 11.8 Å². The molecule has 0 spiro atoms. The van der Waals surface area contributed by atoms with Crippen LogP contribution in [0.3, 0.4) is 0 Å². The minimum absolute atomic E-state index is 0.286. The number of esters is 1. The van der Waals surface area contributed by atoms with Crippen LogP contribution in [0.1, 0.15) is 38.0 Å². The van der Waals surface area contributed by atoms with Crippen molar-refractivity contribution < 1.29 is 23.9 Å². The molecule has 1 aliphatic rings. The number of nitrogens with one attached hydrogen (secondary N) is 1. The summed E-state index contributed by atoms with van der Waals surface area (Å²) in [6, 6.07) is 10.2. The number of fused-ring (bicyclic) bond motifs is 1. The standard InChI is InChI=1S/C21H21N3O5/c1-12(24-19(26)14-7-5-6-8-15(14)20(24)27)18(25)22-16-10-9-13(21(28)29-4)11-17(16)23(2)3/h5-12H,1-4H3,(H,22,25)/t12-/m1/s1.